The molecule has 4 aromatic rings. The van der Waals surface area contributed by atoms with E-state index < -0.39 is 17.5 Å². The molecule has 1 aliphatic rings. The van der Waals surface area contributed by atoms with Gasteiger partial charge in [-0.3, -0.25) is 10.1 Å². The van der Waals surface area contributed by atoms with Gasteiger partial charge in [0, 0.05) is 11.8 Å². The third-order valence-corrected chi connectivity index (χ3v) is 5.78. The summed E-state index contributed by atoms with van der Waals surface area (Å²) in [5.74, 6) is -0.370. The van der Waals surface area contributed by atoms with E-state index in [2.05, 4.69) is 10.3 Å². The van der Waals surface area contributed by atoms with Crippen LogP contribution in [0.15, 0.2) is 71.3 Å². The molecule has 7 heteroatoms. The fraction of sp³-hybridized carbons (Fsp3) is 0.125. The van der Waals surface area contributed by atoms with Crippen molar-refractivity contribution >= 4 is 28.8 Å². The van der Waals surface area contributed by atoms with E-state index in [9.17, 15) is 19.8 Å². The number of carbonyl (C=O) groups is 2. The average Bonchev–Trinajstić information content (AvgIpc) is 3.52. The van der Waals surface area contributed by atoms with Gasteiger partial charge in [0.25, 0.3) is 0 Å². The van der Waals surface area contributed by atoms with Gasteiger partial charge in [0.2, 0.25) is 5.71 Å². The van der Waals surface area contributed by atoms with E-state index in [4.69, 9.17) is 4.42 Å². The second-order valence-corrected chi connectivity index (χ2v) is 7.63. The monoisotopic (exact) mass is 414 g/mol. The molecular weight excluding hydrogens is 396 g/mol. The summed E-state index contributed by atoms with van der Waals surface area (Å²) in [4.78, 5) is 26.9. The molecule has 2 aromatic carbocycles. The van der Waals surface area contributed by atoms with E-state index in [-0.39, 0.29) is 0 Å². The number of rotatable bonds is 5. The van der Waals surface area contributed by atoms with Crippen molar-refractivity contribution < 1.29 is 24.2 Å². The van der Waals surface area contributed by atoms with Crippen molar-refractivity contribution in [3.05, 3.63) is 72.4 Å². The lowest BCUT2D eigenvalue weighted by atomic mass is 9.93. The normalized spacial score (nSPS) is 14.3. The molecule has 7 nitrogen and oxygen atoms in total. The lowest BCUT2D eigenvalue weighted by Gasteiger charge is -2.11. The third-order valence-electron chi connectivity index (χ3n) is 5.78. The molecule has 0 unspecified atom stereocenters. The van der Waals surface area contributed by atoms with Crippen LogP contribution in [0.4, 0.5) is 10.5 Å². The van der Waals surface area contributed by atoms with Crippen molar-refractivity contribution in [3.63, 3.8) is 0 Å². The van der Waals surface area contributed by atoms with E-state index in [0.29, 0.717) is 41.0 Å². The average molecular weight is 414 g/mol. The number of anilines is 1. The van der Waals surface area contributed by atoms with Gasteiger partial charge in [0.1, 0.15) is 5.69 Å². The Morgan fingerprint density at radius 2 is 1.52 bits per heavy atom. The van der Waals surface area contributed by atoms with Gasteiger partial charge in [0.15, 0.2) is 5.76 Å². The van der Waals surface area contributed by atoms with Gasteiger partial charge in [-0.1, -0.05) is 48.5 Å². The van der Waals surface area contributed by atoms with Crippen molar-refractivity contribution in [2.75, 3.05) is 5.32 Å². The summed E-state index contributed by atoms with van der Waals surface area (Å²) in [6.07, 6.45) is 1.76. The first-order valence-corrected chi connectivity index (χ1v) is 9.80. The molecule has 2 heterocycles. The Morgan fingerprint density at radius 3 is 2.10 bits per heavy atom. The van der Waals surface area contributed by atoms with E-state index in [0.717, 1.165) is 16.7 Å². The Balaban J connectivity index is 1.47. The van der Waals surface area contributed by atoms with Crippen LogP contribution in [0.1, 0.15) is 18.4 Å². The number of hydrogen-bond acceptors (Lipinski definition) is 4. The number of nitrogens with zero attached hydrogens (tertiary/aromatic N) is 1. The molecule has 5 rings (SSSR count). The number of benzene rings is 2. The van der Waals surface area contributed by atoms with Gasteiger partial charge < -0.3 is 14.6 Å². The van der Waals surface area contributed by atoms with Crippen molar-refractivity contribution in [1.82, 2.24) is 4.98 Å². The fourth-order valence-electron chi connectivity index (χ4n) is 3.91. The zero-order chi connectivity index (χ0) is 21.6. The molecule has 2 aromatic heterocycles. The number of furan rings is 1. The lowest BCUT2D eigenvalue weighted by Crippen LogP contribution is -2.19. The van der Waals surface area contributed by atoms with Gasteiger partial charge in [-0.15, -0.1) is 0 Å². The van der Waals surface area contributed by atoms with E-state index in [1.165, 1.54) is 0 Å². The van der Waals surface area contributed by atoms with Gasteiger partial charge >= 0.3 is 12.1 Å². The molecule has 0 atom stereocenters. The first-order chi connectivity index (χ1) is 15.0. The van der Waals surface area contributed by atoms with Crippen LogP contribution >= 0.6 is 0 Å². The number of aliphatic carboxylic acids is 1. The summed E-state index contributed by atoms with van der Waals surface area (Å²) in [6.45, 7) is 0. The number of pyridine rings is 1. The van der Waals surface area contributed by atoms with Crippen LogP contribution in [0.25, 0.3) is 33.6 Å². The highest BCUT2D eigenvalue weighted by Gasteiger charge is 2.51. The number of aromatic nitrogens is 1. The van der Waals surface area contributed by atoms with Gasteiger partial charge in [-0.25, -0.2) is 9.78 Å². The SMILES string of the molecule is O=C(O)Nc1c(-c2ccc(-c3ccc(C4(C(=O)O)CC4)cc3)cc2)oc2ncccc12. The van der Waals surface area contributed by atoms with Gasteiger partial charge in [-0.2, -0.15) is 0 Å². The molecule has 1 amide bonds. The van der Waals surface area contributed by atoms with Crippen LogP contribution in [-0.4, -0.2) is 27.3 Å². The predicted octanol–water partition coefficient (Wildman–Crippen LogP) is 5.37. The Bertz CT molecular complexity index is 1300. The number of hydrogen-bond donors (Lipinski definition) is 3. The highest BCUT2D eigenvalue weighted by Crippen LogP contribution is 2.48. The minimum atomic E-state index is -1.18. The third kappa shape index (κ3) is 3.20. The molecule has 0 saturated heterocycles. The largest absolute Gasteiger partial charge is 0.481 e. The molecule has 1 saturated carbocycles. The zero-order valence-electron chi connectivity index (χ0n) is 16.3. The van der Waals surface area contributed by atoms with Crippen LogP contribution < -0.4 is 5.32 Å². The Labute approximate surface area is 177 Å². The summed E-state index contributed by atoms with van der Waals surface area (Å²) in [6, 6.07) is 18.6. The van der Waals surface area contributed by atoms with Crippen LogP contribution in [0, 0.1) is 0 Å². The Kier molecular flexibility index (Phi) is 4.25. The van der Waals surface area contributed by atoms with Crippen LogP contribution in [0.3, 0.4) is 0 Å². The number of fused-ring (bicyclic) bond motifs is 1. The quantitative estimate of drug-likeness (QED) is 0.405. The highest BCUT2D eigenvalue weighted by atomic mass is 16.4. The maximum Gasteiger partial charge on any atom is 0.409 e. The molecule has 3 N–H and O–H groups in total. The topological polar surface area (TPSA) is 113 Å². The number of carboxylic acids is 1. The second-order valence-electron chi connectivity index (χ2n) is 7.63. The number of amides is 1. The first kappa shape index (κ1) is 18.9. The summed E-state index contributed by atoms with van der Waals surface area (Å²) in [5.41, 5.74) is 3.46. The van der Waals surface area contributed by atoms with E-state index >= 15 is 0 Å². The van der Waals surface area contributed by atoms with Crippen molar-refractivity contribution in [1.29, 1.82) is 0 Å². The standard InChI is InChI=1S/C24H18N2O5/c27-22(28)24(11-12-24)17-9-7-15(8-10-17)14-3-5-16(6-4-14)20-19(26-23(29)30)18-2-1-13-25-21(18)31-20/h1-10,13,26H,11-12H2,(H,27,28)(H,29,30). The number of nitrogens with one attached hydrogen (secondary N) is 1. The minimum absolute atomic E-state index is 0.355. The first-order valence-electron chi connectivity index (χ1n) is 9.80. The van der Waals surface area contributed by atoms with E-state index in [1.54, 1.807) is 18.3 Å². The molecule has 0 bridgehead atoms. The summed E-state index contributed by atoms with van der Waals surface area (Å²) in [5, 5.41) is 21.7. The molecular formula is C24H18N2O5. The lowest BCUT2D eigenvalue weighted by molar-refractivity contribution is -0.140. The summed E-state index contributed by atoms with van der Waals surface area (Å²) in [7, 11) is 0. The van der Waals surface area contributed by atoms with Crippen LogP contribution in [0.5, 0.6) is 0 Å². The Hall–Kier alpha value is -4.13. The molecule has 1 aliphatic carbocycles. The van der Waals surface area contributed by atoms with Crippen molar-refractivity contribution in [2.45, 2.75) is 18.3 Å². The summed E-state index contributed by atoms with van der Waals surface area (Å²) < 4.78 is 5.82. The van der Waals surface area contributed by atoms with Crippen LogP contribution in [0.2, 0.25) is 0 Å². The van der Waals surface area contributed by atoms with Crippen molar-refractivity contribution in [3.8, 4) is 22.5 Å². The smallest absolute Gasteiger partial charge is 0.409 e. The van der Waals surface area contributed by atoms with Gasteiger partial charge in [0.05, 0.1) is 10.8 Å². The second kappa shape index (κ2) is 6.98. The molecule has 154 valence electrons. The van der Waals surface area contributed by atoms with E-state index in [1.807, 2.05) is 48.5 Å². The predicted molar refractivity (Wildman–Crippen MR) is 115 cm³/mol. The molecule has 1 fully saturated rings. The highest BCUT2D eigenvalue weighted by molar-refractivity contribution is 6.03. The maximum atomic E-state index is 11.5. The summed E-state index contributed by atoms with van der Waals surface area (Å²) >= 11 is 0. The van der Waals surface area contributed by atoms with Gasteiger partial charge in [-0.05, 0) is 41.7 Å². The Morgan fingerprint density at radius 1 is 0.903 bits per heavy atom. The molecule has 31 heavy (non-hydrogen) atoms. The maximum absolute atomic E-state index is 11.5. The zero-order valence-corrected chi connectivity index (χ0v) is 16.3. The van der Waals surface area contributed by atoms with Crippen LogP contribution in [-0.2, 0) is 10.2 Å². The van der Waals surface area contributed by atoms with Crippen molar-refractivity contribution in [2.24, 2.45) is 0 Å². The molecule has 0 spiro atoms. The number of carboxylic acid groups (broad SMARTS) is 2. The fourth-order valence-corrected chi connectivity index (χ4v) is 3.91. The minimum Gasteiger partial charge on any atom is -0.481 e. The molecule has 0 aliphatic heterocycles. The molecule has 0 radical (unpaired) electrons.